The van der Waals surface area contributed by atoms with E-state index in [1.165, 1.54) is 11.1 Å². The summed E-state index contributed by atoms with van der Waals surface area (Å²) in [5.74, 6) is 0.907. The smallest absolute Gasteiger partial charge is 0.305 e. The topological polar surface area (TPSA) is 47.6 Å². The number of esters is 1. The van der Waals surface area contributed by atoms with E-state index in [0.717, 1.165) is 38.3 Å². The second kappa shape index (κ2) is 7.14. The standard InChI is InChI=1S/C15H21NO3/c1-2-18-15(17)4-3-8-16-11-12-5-6-14-13(10-12)7-9-19-14/h5-6,10,16H,2-4,7-9,11H2,1H3. The Balaban J connectivity index is 1.65. The van der Waals surface area contributed by atoms with Gasteiger partial charge in [-0.15, -0.1) is 0 Å². The van der Waals surface area contributed by atoms with Gasteiger partial charge in [-0.2, -0.15) is 0 Å². The highest BCUT2D eigenvalue weighted by Crippen LogP contribution is 2.25. The third kappa shape index (κ3) is 4.24. The van der Waals surface area contributed by atoms with Crippen molar-refractivity contribution in [3.63, 3.8) is 0 Å². The van der Waals surface area contributed by atoms with Gasteiger partial charge in [-0.05, 0) is 37.1 Å². The van der Waals surface area contributed by atoms with Gasteiger partial charge in [0.1, 0.15) is 5.75 Å². The van der Waals surface area contributed by atoms with Crippen molar-refractivity contribution in [2.75, 3.05) is 19.8 Å². The van der Waals surface area contributed by atoms with Gasteiger partial charge in [0.05, 0.1) is 13.2 Å². The van der Waals surface area contributed by atoms with Crippen LogP contribution in [0.2, 0.25) is 0 Å². The first kappa shape index (κ1) is 13.9. The van der Waals surface area contributed by atoms with Crippen LogP contribution in [0.25, 0.3) is 0 Å². The SMILES string of the molecule is CCOC(=O)CCCNCc1ccc2c(c1)CCO2. The largest absolute Gasteiger partial charge is 0.493 e. The molecule has 1 N–H and O–H groups in total. The lowest BCUT2D eigenvalue weighted by Crippen LogP contribution is -2.16. The van der Waals surface area contributed by atoms with Crippen LogP contribution >= 0.6 is 0 Å². The van der Waals surface area contributed by atoms with Crippen molar-refractivity contribution in [2.45, 2.75) is 32.7 Å². The molecule has 0 unspecified atom stereocenters. The van der Waals surface area contributed by atoms with Gasteiger partial charge in [0.25, 0.3) is 0 Å². The van der Waals surface area contributed by atoms with Crippen LogP contribution in [0, 0.1) is 0 Å². The fourth-order valence-corrected chi connectivity index (χ4v) is 2.17. The highest BCUT2D eigenvalue weighted by Gasteiger charge is 2.11. The zero-order valence-electron chi connectivity index (χ0n) is 11.4. The van der Waals surface area contributed by atoms with Crippen molar-refractivity contribution in [3.8, 4) is 5.75 Å². The molecule has 1 aliphatic rings. The number of carbonyl (C=O) groups excluding carboxylic acids is 1. The molecule has 2 rings (SSSR count). The van der Waals surface area contributed by atoms with Crippen LogP contribution in [0.1, 0.15) is 30.9 Å². The Morgan fingerprint density at radius 3 is 3.21 bits per heavy atom. The molecule has 19 heavy (non-hydrogen) atoms. The molecule has 0 saturated carbocycles. The minimum Gasteiger partial charge on any atom is -0.493 e. The molecular weight excluding hydrogens is 242 g/mol. The minimum absolute atomic E-state index is 0.112. The third-order valence-corrected chi connectivity index (χ3v) is 3.12. The molecule has 1 aromatic rings. The monoisotopic (exact) mass is 263 g/mol. The van der Waals surface area contributed by atoms with E-state index in [1.54, 1.807) is 0 Å². The van der Waals surface area contributed by atoms with Crippen molar-refractivity contribution in [1.82, 2.24) is 5.32 Å². The first-order valence-corrected chi connectivity index (χ1v) is 6.90. The Bertz CT molecular complexity index is 431. The number of hydrogen-bond acceptors (Lipinski definition) is 4. The van der Waals surface area contributed by atoms with Gasteiger partial charge in [0.2, 0.25) is 0 Å². The Morgan fingerprint density at radius 1 is 1.47 bits per heavy atom. The van der Waals surface area contributed by atoms with Gasteiger partial charge in [0, 0.05) is 19.4 Å². The van der Waals surface area contributed by atoms with Gasteiger partial charge in [-0.25, -0.2) is 0 Å². The van der Waals surface area contributed by atoms with E-state index in [4.69, 9.17) is 9.47 Å². The van der Waals surface area contributed by atoms with E-state index in [0.29, 0.717) is 13.0 Å². The van der Waals surface area contributed by atoms with E-state index in [9.17, 15) is 4.79 Å². The van der Waals surface area contributed by atoms with Gasteiger partial charge < -0.3 is 14.8 Å². The first-order valence-electron chi connectivity index (χ1n) is 6.90. The molecule has 1 aromatic carbocycles. The quantitative estimate of drug-likeness (QED) is 0.604. The maximum atomic E-state index is 11.1. The normalized spacial score (nSPS) is 12.9. The predicted octanol–water partition coefficient (Wildman–Crippen LogP) is 2.05. The Morgan fingerprint density at radius 2 is 2.37 bits per heavy atom. The van der Waals surface area contributed by atoms with Gasteiger partial charge in [0.15, 0.2) is 0 Å². The lowest BCUT2D eigenvalue weighted by Gasteiger charge is -2.06. The summed E-state index contributed by atoms with van der Waals surface area (Å²) >= 11 is 0. The number of hydrogen-bond donors (Lipinski definition) is 1. The molecule has 0 atom stereocenters. The van der Waals surface area contributed by atoms with E-state index in [1.807, 2.05) is 13.0 Å². The minimum atomic E-state index is -0.112. The van der Waals surface area contributed by atoms with Crippen molar-refractivity contribution in [1.29, 1.82) is 0 Å². The van der Waals surface area contributed by atoms with Crippen LogP contribution in [0.5, 0.6) is 5.75 Å². The summed E-state index contributed by atoms with van der Waals surface area (Å²) in [5.41, 5.74) is 2.56. The number of carbonyl (C=O) groups is 1. The average molecular weight is 263 g/mol. The Hall–Kier alpha value is -1.55. The molecule has 104 valence electrons. The van der Waals surface area contributed by atoms with Crippen LogP contribution in [0.15, 0.2) is 18.2 Å². The van der Waals surface area contributed by atoms with Gasteiger partial charge in [-0.3, -0.25) is 4.79 Å². The van der Waals surface area contributed by atoms with Crippen molar-refractivity contribution in [2.24, 2.45) is 0 Å². The van der Waals surface area contributed by atoms with Crippen molar-refractivity contribution < 1.29 is 14.3 Å². The molecule has 0 aliphatic carbocycles. The molecule has 0 fully saturated rings. The molecule has 1 aliphatic heterocycles. The number of fused-ring (bicyclic) bond motifs is 1. The lowest BCUT2D eigenvalue weighted by molar-refractivity contribution is -0.143. The number of benzene rings is 1. The summed E-state index contributed by atoms with van der Waals surface area (Å²) in [6, 6.07) is 6.32. The average Bonchev–Trinajstić information content (AvgIpc) is 2.86. The second-order valence-electron chi connectivity index (χ2n) is 4.63. The number of nitrogens with one attached hydrogen (secondary N) is 1. The highest BCUT2D eigenvalue weighted by atomic mass is 16.5. The Labute approximate surface area is 114 Å². The van der Waals surface area contributed by atoms with Crippen LogP contribution < -0.4 is 10.1 Å². The molecule has 0 saturated heterocycles. The van der Waals surface area contributed by atoms with E-state index >= 15 is 0 Å². The third-order valence-electron chi connectivity index (χ3n) is 3.12. The number of rotatable bonds is 7. The molecule has 4 heteroatoms. The second-order valence-corrected chi connectivity index (χ2v) is 4.63. The van der Waals surface area contributed by atoms with E-state index in [2.05, 4.69) is 17.4 Å². The summed E-state index contributed by atoms with van der Waals surface area (Å²) in [4.78, 5) is 11.1. The fraction of sp³-hybridized carbons (Fsp3) is 0.533. The molecule has 0 radical (unpaired) electrons. The molecule has 4 nitrogen and oxygen atoms in total. The molecule has 0 spiro atoms. The van der Waals surface area contributed by atoms with Crippen LogP contribution in [0.3, 0.4) is 0 Å². The summed E-state index contributed by atoms with van der Waals surface area (Å²) in [7, 11) is 0. The van der Waals surface area contributed by atoms with Gasteiger partial charge in [-0.1, -0.05) is 12.1 Å². The van der Waals surface area contributed by atoms with Crippen LogP contribution in [-0.2, 0) is 22.5 Å². The molecule has 0 aromatic heterocycles. The molecule has 0 amide bonds. The van der Waals surface area contributed by atoms with E-state index in [-0.39, 0.29) is 5.97 Å². The molecular formula is C15H21NO3. The van der Waals surface area contributed by atoms with Crippen molar-refractivity contribution in [3.05, 3.63) is 29.3 Å². The van der Waals surface area contributed by atoms with Crippen molar-refractivity contribution >= 4 is 5.97 Å². The maximum absolute atomic E-state index is 11.1. The summed E-state index contributed by atoms with van der Waals surface area (Å²) in [6.07, 6.45) is 2.30. The van der Waals surface area contributed by atoms with E-state index < -0.39 is 0 Å². The molecule has 1 heterocycles. The molecule has 0 bridgehead atoms. The van der Waals surface area contributed by atoms with Crippen LogP contribution in [-0.4, -0.2) is 25.7 Å². The Kier molecular flexibility index (Phi) is 5.21. The predicted molar refractivity (Wildman–Crippen MR) is 73.2 cm³/mol. The number of ether oxygens (including phenoxy) is 2. The zero-order chi connectivity index (χ0) is 13.5. The summed E-state index contributed by atoms with van der Waals surface area (Å²) < 4.78 is 10.4. The zero-order valence-corrected chi connectivity index (χ0v) is 11.4. The summed E-state index contributed by atoms with van der Waals surface area (Å²) in [6.45, 7) is 4.74. The fourth-order valence-electron chi connectivity index (χ4n) is 2.17. The summed E-state index contributed by atoms with van der Waals surface area (Å²) in [5, 5.41) is 3.34. The van der Waals surface area contributed by atoms with Gasteiger partial charge >= 0.3 is 5.97 Å². The highest BCUT2D eigenvalue weighted by molar-refractivity contribution is 5.69. The maximum Gasteiger partial charge on any atom is 0.305 e. The van der Waals surface area contributed by atoms with Crippen LogP contribution in [0.4, 0.5) is 0 Å². The lowest BCUT2D eigenvalue weighted by atomic mass is 10.1. The first-order chi connectivity index (χ1) is 9.29.